The van der Waals surface area contributed by atoms with E-state index in [4.69, 9.17) is 9.84 Å². The molecule has 0 fully saturated rings. The number of ether oxygens (including phenoxy) is 1. The molecule has 2 N–H and O–H groups in total. The minimum Gasteiger partial charge on any atom is -0.454 e. The zero-order chi connectivity index (χ0) is 15.4. The molecule has 20 heavy (non-hydrogen) atoms. The van der Waals surface area contributed by atoms with Crippen LogP contribution in [0.25, 0.3) is 0 Å². The van der Waals surface area contributed by atoms with Crippen LogP contribution in [0.15, 0.2) is 11.6 Å². The first kappa shape index (κ1) is 16.9. The molecule has 1 rings (SSSR count). The second-order valence-electron chi connectivity index (χ2n) is 6.03. The molecule has 0 saturated heterocycles. The molecule has 3 atom stereocenters. The number of carbonyl (C=O) groups is 2. The number of esters is 1. The maximum Gasteiger partial charge on any atom is 0.306 e. The molecule has 0 bridgehead atoms. The van der Waals surface area contributed by atoms with Gasteiger partial charge in [-0.2, -0.15) is 0 Å². The van der Waals surface area contributed by atoms with Crippen LogP contribution in [0, 0.1) is 17.8 Å². The van der Waals surface area contributed by atoms with E-state index in [0.717, 1.165) is 0 Å². The molecule has 5 heteroatoms. The minimum absolute atomic E-state index is 0.0257. The highest BCUT2D eigenvalue weighted by Gasteiger charge is 2.42. The summed E-state index contributed by atoms with van der Waals surface area (Å²) in [5.74, 6) is -1.23. The van der Waals surface area contributed by atoms with Crippen molar-refractivity contribution in [2.24, 2.45) is 17.8 Å². The molecule has 0 amide bonds. The van der Waals surface area contributed by atoms with Gasteiger partial charge >= 0.3 is 5.97 Å². The van der Waals surface area contributed by atoms with Crippen molar-refractivity contribution in [3.8, 4) is 0 Å². The fraction of sp³-hybridized carbons (Fsp3) is 0.733. The monoisotopic (exact) mass is 284 g/mol. The lowest BCUT2D eigenvalue weighted by Gasteiger charge is -2.35. The smallest absolute Gasteiger partial charge is 0.306 e. The molecule has 0 heterocycles. The normalized spacial score (nSPS) is 26.9. The minimum atomic E-state index is -1.01. The number of aliphatic hydroxyl groups is 2. The summed E-state index contributed by atoms with van der Waals surface area (Å²) in [7, 11) is 0. The third kappa shape index (κ3) is 3.90. The molecule has 0 unspecified atom stereocenters. The largest absolute Gasteiger partial charge is 0.454 e. The molecule has 0 aliphatic heterocycles. The highest BCUT2D eigenvalue weighted by atomic mass is 16.5. The fourth-order valence-corrected chi connectivity index (χ4v) is 2.47. The first-order valence-corrected chi connectivity index (χ1v) is 7.01. The van der Waals surface area contributed by atoms with Gasteiger partial charge < -0.3 is 14.9 Å². The van der Waals surface area contributed by atoms with Crippen LogP contribution in [0.4, 0.5) is 0 Å². The lowest BCUT2D eigenvalue weighted by atomic mass is 9.77. The maximum atomic E-state index is 12.2. The van der Waals surface area contributed by atoms with Gasteiger partial charge in [0.1, 0.15) is 0 Å². The van der Waals surface area contributed by atoms with Gasteiger partial charge in [-0.3, -0.25) is 9.59 Å². The molecule has 0 aromatic rings. The second kappa shape index (κ2) is 6.99. The summed E-state index contributed by atoms with van der Waals surface area (Å²) in [6.45, 7) is 7.04. The topological polar surface area (TPSA) is 83.8 Å². The Balaban J connectivity index is 2.96. The van der Waals surface area contributed by atoms with Crippen molar-refractivity contribution >= 4 is 11.8 Å². The summed E-state index contributed by atoms with van der Waals surface area (Å²) in [6.07, 6.45) is -0.321. The number of hydrogen-bond donors (Lipinski definition) is 2. The van der Waals surface area contributed by atoms with Crippen molar-refractivity contribution in [3.63, 3.8) is 0 Å². The summed E-state index contributed by atoms with van der Waals surface area (Å²) in [5.41, 5.74) is 0.108. The van der Waals surface area contributed by atoms with Crippen LogP contribution in [0.3, 0.4) is 0 Å². The third-order valence-electron chi connectivity index (χ3n) is 3.46. The predicted octanol–water partition coefficient (Wildman–Crippen LogP) is 1.08. The molecular weight excluding hydrogens is 260 g/mol. The molecule has 114 valence electrons. The van der Waals surface area contributed by atoms with Gasteiger partial charge in [-0.15, -0.1) is 0 Å². The van der Waals surface area contributed by atoms with Crippen LogP contribution in [-0.4, -0.2) is 40.8 Å². The molecule has 0 spiro atoms. The van der Waals surface area contributed by atoms with Gasteiger partial charge in [0.15, 0.2) is 6.10 Å². The Kier molecular flexibility index (Phi) is 5.89. The van der Waals surface area contributed by atoms with Gasteiger partial charge in [-0.05, 0) is 17.9 Å². The van der Waals surface area contributed by atoms with E-state index >= 15 is 0 Å². The second-order valence-corrected chi connectivity index (χ2v) is 6.03. The summed E-state index contributed by atoms with van der Waals surface area (Å²) in [5, 5.41) is 19.3. The van der Waals surface area contributed by atoms with Crippen molar-refractivity contribution in [2.75, 3.05) is 6.61 Å². The standard InChI is InChI=1S/C15H24O5/c1-8(2)5-12(18)20-15-13(9(3)4)11(17)6-10(7-16)14(15)19/h6,8-9,11,13,15-17H,5,7H2,1-4H3/t11-,13-,15+/m0/s1. The zero-order valence-electron chi connectivity index (χ0n) is 12.5. The Bertz CT molecular complexity index is 397. The molecule has 1 aliphatic rings. The van der Waals surface area contributed by atoms with Gasteiger partial charge in [0.25, 0.3) is 0 Å². The SMILES string of the molecule is CC(C)CC(=O)O[C@H]1C(=O)C(CO)=C[C@H](O)[C@@H]1C(C)C. The molecule has 5 nitrogen and oxygen atoms in total. The summed E-state index contributed by atoms with van der Waals surface area (Å²) < 4.78 is 5.29. The molecule has 0 aromatic heterocycles. The number of aliphatic hydroxyl groups excluding tert-OH is 2. The number of Topliss-reactive ketones (excluding diaryl/α,β-unsaturated/α-hetero) is 1. The van der Waals surface area contributed by atoms with E-state index in [1.807, 2.05) is 27.7 Å². The fourth-order valence-electron chi connectivity index (χ4n) is 2.47. The van der Waals surface area contributed by atoms with E-state index in [2.05, 4.69) is 0 Å². The van der Waals surface area contributed by atoms with Crippen molar-refractivity contribution < 1.29 is 24.5 Å². The Hall–Kier alpha value is -1.20. The van der Waals surface area contributed by atoms with Crippen LogP contribution in [0.2, 0.25) is 0 Å². The lowest BCUT2D eigenvalue weighted by molar-refractivity contribution is -0.162. The van der Waals surface area contributed by atoms with E-state index in [1.54, 1.807) is 0 Å². The molecule has 0 aromatic carbocycles. The number of rotatable bonds is 5. The Morgan fingerprint density at radius 2 is 1.95 bits per heavy atom. The lowest BCUT2D eigenvalue weighted by Crippen LogP contribution is -2.47. The summed E-state index contributed by atoms with van der Waals surface area (Å²) >= 11 is 0. The highest BCUT2D eigenvalue weighted by molar-refractivity contribution is 6.01. The third-order valence-corrected chi connectivity index (χ3v) is 3.46. The Morgan fingerprint density at radius 3 is 2.40 bits per heavy atom. The van der Waals surface area contributed by atoms with Gasteiger partial charge in [0, 0.05) is 17.9 Å². The van der Waals surface area contributed by atoms with Crippen LogP contribution >= 0.6 is 0 Å². The van der Waals surface area contributed by atoms with Gasteiger partial charge in [-0.1, -0.05) is 27.7 Å². The average Bonchev–Trinajstić information content (AvgIpc) is 2.31. The predicted molar refractivity (Wildman–Crippen MR) is 73.8 cm³/mol. The van der Waals surface area contributed by atoms with E-state index in [-0.39, 0.29) is 23.8 Å². The number of hydrogen-bond acceptors (Lipinski definition) is 5. The average molecular weight is 284 g/mol. The zero-order valence-corrected chi connectivity index (χ0v) is 12.5. The van der Waals surface area contributed by atoms with E-state index in [0.29, 0.717) is 0 Å². The van der Waals surface area contributed by atoms with Gasteiger partial charge in [-0.25, -0.2) is 0 Å². The van der Waals surface area contributed by atoms with E-state index in [9.17, 15) is 14.7 Å². The number of carbonyl (C=O) groups excluding carboxylic acids is 2. The van der Waals surface area contributed by atoms with E-state index < -0.39 is 36.5 Å². The van der Waals surface area contributed by atoms with Gasteiger partial charge in [0.2, 0.25) is 5.78 Å². The van der Waals surface area contributed by atoms with Crippen LogP contribution < -0.4 is 0 Å². The van der Waals surface area contributed by atoms with Crippen LogP contribution in [0.1, 0.15) is 34.1 Å². The van der Waals surface area contributed by atoms with Crippen LogP contribution in [0.5, 0.6) is 0 Å². The van der Waals surface area contributed by atoms with E-state index in [1.165, 1.54) is 6.08 Å². The van der Waals surface area contributed by atoms with Crippen molar-refractivity contribution in [3.05, 3.63) is 11.6 Å². The van der Waals surface area contributed by atoms with Crippen LogP contribution in [-0.2, 0) is 14.3 Å². The maximum absolute atomic E-state index is 12.2. The number of ketones is 1. The first-order chi connectivity index (χ1) is 9.27. The molecule has 0 radical (unpaired) electrons. The van der Waals surface area contributed by atoms with Crippen molar-refractivity contribution in [1.82, 2.24) is 0 Å². The van der Waals surface area contributed by atoms with Crippen molar-refractivity contribution in [2.45, 2.75) is 46.3 Å². The highest BCUT2D eigenvalue weighted by Crippen LogP contribution is 2.30. The summed E-state index contributed by atoms with van der Waals surface area (Å²) in [4.78, 5) is 24.0. The van der Waals surface area contributed by atoms with Crippen molar-refractivity contribution in [1.29, 1.82) is 0 Å². The molecular formula is C15H24O5. The Morgan fingerprint density at radius 1 is 1.35 bits per heavy atom. The Labute approximate surface area is 119 Å². The quantitative estimate of drug-likeness (QED) is 0.738. The first-order valence-electron chi connectivity index (χ1n) is 7.01. The molecule has 1 aliphatic carbocycles. The van der Waals surface area contributed by atoms with Gasteiger partial charge in [0.05, 0.1) is 12.7 Å². The molecule has 0 saturated carbocycles. The summed E-state index contributed by atoms with van der Waals surface area (Å²) in [6, 6.07) is 0.